The van der Waals surface area contributed by atoms with Gasteiger partial charge in [0, 0.05) is 37.6 Å². The molecule has 94 valence electrons. The van der Waals surface area contributed by atoms with Crippen molar-refractivity contribution in [3.8, 4) is 0 Å². The van der Waals surface area contributed by atoms with E-state index in [0.717, 1.165) is 11.4 Å². The Morgan fingerprint density at radius 2 is 2.39 bits per heavy atom. The summed E-state index contributed by atoms with van der Waals surface area (Å²) in [6.45, 7) is 0.500. The molecule has 5 nitrogen and oxygen atoms in total. The van der Waals surface area contributed by atoms with Crippen LogP contribution in [0.25, 0.3) is 0 Å². The van der Waals surface area contributed by atoms with Gasteiger partial charge < -0.3 is 10.2 Å². The number of thiazole rings is 1. The topological polar surface area (TPSA) is 58.1 Å². The van der Waals surface area contributed by atoms with E-state index in [1.807, 2.05) is 5.38 Å². The zero-order valence-electron chi connectivity index (χ0n) is 10.3. The Balaban J connectivity index is 2.15. The fourth-order valence-electron chi connectivity index (χ4n) is 1.62. The summed E-state index contributed by atoms with van der Waals surface area (Å²) in [7, 11) is 3.54. The first-order valence-electron chi connectivity index (χ1n) is 5.46. The van der Waals surface area contributed by atoms with Crippen molar-refractivity contribution in [2.45, 2.75) is 6.54 Å². The number of anilines is 1. The molecule has 0 aliphatic heterocycles. The minimum absolute atomic E-state index is 0.0690. The van der Waals surface area contributed by atoms with Gasteiger partial charge in [-0.3, -0.25) is 9.78 Å². The van der Waals surface area contributed by atoms with E-state index in [2.05, 4.69) is 15.3 Å². The average molecular weight is 262 g/mol. The highest BCUT2D eigenvalue weighted by atomic mass is 32.1. The van der Waals surface area contributed by atoms with Gasteiger partial charge in [-0.25, -0.2) is 4.98 Å². The van der Waals surface area contributed by atoms with Crippen LogP contribution in [0, 0.1) is 0 Å². The van der Waals surface area contributed by atoms with E-state index in [9.17, 15) is 4.79 Å². The van der Waals surface area contributed by atoms with Gasteiger partial charge in [0.05, 0.1) is 23.3 Å². The van der Waals surface area contributed by atoms with E-state index in [1.54, 1.807) is 43.0 Å². The smallest absolute Gasteiger partial charge is 0.257 e. The lowest BCUT2D eigenvalue weighted by Gasteiger charge is -2.17. The molecule has 0 fully saturated rings. The Kier molecular flexibility index (Phi) is 3.88. The first-order valence-corrected chi connectivity index (χ1v) is 6.41. The third kappa shape index (κ3) is 2.65. The predicted molar refractivity (Wildman–Crippen MR) is 71.7 cm³/mol. The maximum Gasteiger partial charge on any atom is 0.257 e. The minimum Gasteiger partial charge on any atom is -0.387 e. The standard InChI is InChI=1S/C12H14N4OS/c1-13-11-3-4-14-5-10(11)12(17)16(2)6-9-7-18-8-15-9/h3-5,7-8H,6H2,1-2H3,(H,13,14). The Labute approximate surface area is 109 Å². The molecule has 0 aromatic carbocycles. The molecule has 2 rings (SSSR count). The van der Waals surface area contributed by atoms with Crippen LogP contribution in [0.4, 0.5) is 5.69 Å². The lowest BCUT2D eigenvalue weighted by atomic mass is 10.2. The number of carbonyl (C=O) groups excluding carboxylic acids is 1. The molecule has 6 heteroatoms. The van der Waals surface area contributed by atoms with E-state index in [0.29, 0.717) is 12.1 Å². The molecule has 0 radical (unpaired) electrons. The van der Waals surface area contributed by atoms with Crippen LogP contribution in [-0.4, -0.2) is 34.9 Å². The van der Waals surface area contributed by atoms with E-state index in [4.69, 9.17) is 0 Å². The number of nitrogens with one attached hydrogen (secondary N) is 1. The number of nitrogens with zero attached hydrogens (tertiary/aromatic N) is 3. The van der Waals surface area contributed by atoms with Gasteiger partial charge in [0.15, 0.2) is 0 Å². The molecule has 18 heavy (non-hydrogen) atoms. The molecule has 2 aromatic heterocycles. The SMILES string of the molecule is CNc1ccncc1C(=O)N(C)Cc1cscn1. The highest BCUT2D eigenvalue weighted by Gasteiger charge is 2.16. The molecule has 0 unspecified atom stereocenters. The van der Waals surface area contributed by atoms with Crippen LogP contribution in [0.5, 0.6) is 0 Å². The van der Waals surface area contributed by atoms with Crippen molar-refractivity contribution in [2.24, 2.45) is 0 Å². The number of amides is 1. The molecule has 0 atom stereocenters. The maximum atomic E-state index is 12.3. The molecular formula is C12H14N4OS. The molecule has 1 amide bonds. The first-order chi connectivity index (χ1) is 8.72. The number of pyridine rings is 1. The van der Waals surface area contributed by atoms with Crippen LogP contribution < -0.4 is 5.32 Å². The number of hydrogen-bond donors (Lipinski definition) is 1. The minimum atomic E-state index is -0.0690. The Morgan fingerprint density at radius 3 is 3.06 bits per heavy atom. The Bertz CT molecular complexity index is 527. The zero-order chi connectivity index (χ0) is 13.0. The van der Waals surface area contributed by atoms with Crippen molar-refractivity contribution in [1.82, 2.24) is 14.9 Å². The summed E-state index contributed by atoms with van der Waals surface area (Å²) < 4.78 is 0. The molecule has 0 aliphatic rings. The van der Waals surface area contributed by atoms with Crippen molar-refractivity contribution >= 4 is 22.9 Å². The molecule has 0 saturated heterocycles. The predicted octanol–water partition coefficient (Wildman–Crippen LogP) is 1.85. The molecule has 0 saturated carbocycles. The molecule has 2 aromatic rings. The molecule has 0 bridgehead atoms. The molecular weight excluding hydrogens is 248 g/mol. The highest BCUT2D eigenvalue weighted by molar-refractivity contribution is 7.07. The molecule has 1 N–H and O–H groups in total. The van der Waals surface area contributed by atoms with Crippen molar-refractivity contribution in [3.63, 3.8) is 0 Å². The second kappa shape index (κ2) is 5.59. The van der Waals surface area contributed by atoms with E-state index >= 15 is 0 Å². The maximum absolute atomic E-state index is 12.3. The fourth-order valence-corrected chi connectivity index (χ4v) is 2.17. The van der Waals surface area contributed by atoms with E-state index < -0.39 is 0 Å². The van der Waals surface area contributed by atoms with Gasteiger partial charge in [-0.05, 0) is 6.07 Å². The summed E-state index contributed by atoms with van der Waals surface area (Å²) in [5.41, 5.74) is 4.00. The summed E-state index contributed by atoms with van der Waals surface area (Å²) in [5, 5.41) is 4.93. The summed E-state index contributed by atoms with van der Waals surface area (Å²) in [6.07, 6.45) is 3.23. The highest BCUT2D eigenvalue weighted by Crippen LogP contribution is 2.15. The molecule has 0 aliphatic carbocycles. The summed E-state index contributed by atoms with van der Waals surface area (Å²) >= 11 is 1.52. The van der Waals surface area contributed by atoms with E-state index in [-0.39, 0.29) is 5.91 Å². The average Bonchev–Trinajstić information content (AvgIpc) is 2.90. The van der Waals surface area contributed by atoms with E-state index in [1.165, 1.54) is 11.3 Å². The number of hydrogen-bond acceptors (Lipinski definition) is 5. The van der Waals surface area contributed by atoms with Crippen molar-refractivity contribution in [1.29, 1.82) is 0 Å². The quantitative estimate of drug-likeness (QED) is 0.913. The van der Waals surface area contributed by atoms with Gasteiger partial charge in [-0.2, -0.15) is 0 Å². The first kappa shape index (κ1) is 12.5. The molecule has 2 heterocycles. The third-order valence-electron chi connectivity index (χ3n) is 2.55. The largest absolute Gasteiger partial charge is 0.387 e. The van der Waals surface area contributed by atoms with Crippen LogP contribution in [0.15, 0.2) is 29.4 Å². The lowest BCUT2D eigenvalue weighted by Crippen LogP contribution is -2.27. The fraction of sp³-hybridized carbons (Fsp3) is 0.250. The van der Waals surface area contributed by atoms with Crippen LogP contribution in [0.3, 0.4) is 0 Å². The van der Waals surface area contributed by atoms with Gasteiger partial charge in [0.1, 0.15) is 0 Å². The summed E-state index contributed by atoms with van der Waals surface area (Å²) in [6, 6.07) is 1.78. The normalized spacial score (nSPS) is 10.1. The second-order valence-corrected chi connectivity index (χ2v) is 4.53. The Hall–Kier alpha value is -1.95. The van der Waals surface area contributed by atoms with Gasteiger partial charge in [-0.1, -0.05) is 0 Å². The van der Waals surface area contributed by atoms with Crippen LogP contribution >= 0.6 is 11.3 Å². The second-order valence-electron chi connectivity index (χ2n) is 3.81. The van der Waals surface area contributed by atoms with Crippen molar-refractivity contribution < 1.29 is 4.79 Å². The van der Waals surface area contributed by atoms with Crippen LogP contribution in [0.2, 0.25) is 0 Å². The number of rotatable bonds is 4. The zero-order valence-corrected chi connectivity index (χ0v) is 11.1. The molecule has 0 spiro atoms. The van der Waals surface area contributed by atoms with Gasteiger partial charge in [0.25, 0.3) is 5.91 Å². The summed E-state index contributed by atoms with van der Waals surface area (Å²) in [4.78, 5) is 22.1. The lowest BCUT2D eigenvalue weighted by molar-refractivity contribution is 0.0784. The number of carbonyl (C=O) groups is 1. The number of aromatic nitrogens is 2. The van der Waals surface area contributed by atoms with Crippen LogP contribution in [0.1, 0.15) is 16.1 Å². The van der Waals surface area contributed by atoms with Gasteiger partial charge in [0.2, 0.25) is 0 Å². The van der Waals surface area contributed by atoms with Crippen molar-refractivity contribution in [3.05, 3.63) is 40.6 Å². The third-order valence-corrected chi connectivity index (χ3v) is 3.19. The summed E-state index contributed by atoms with van der Waals surface area (Å²) in [5.74, 6) is -0.0690. The van der Waals surface area contributed by atoms with Gasteiger partial charge >= 0.3 is 0 Å². The van der Waals surface area contributed by atoms with Crippen molar-refractivity contribution in [2.75, 3.05) is 19.4 Å². The van der Waals surface area contributed by atoms with Gasteiger partial charge in [-0.15, -0.1) is 11.3 Å². The van der Waals surface area contributed by atoms with Crippen LogP contribution in [-0.2, 0) is 6.54 Å². The monoisotopic (exact) mass is 262 g/mol. The Morgan fingerprint density at radius 1 is 1.56 bits per heavy atom.